The number of alkyl halides is 1. The Hall–Kier alpha value is 0.730. The van der Waals surface area contributed by atoms with Crippen molar-refractivity contribution in [1.82, 2.24) is 0 Å². The molecule has 0 spiro atoms. The molecule has 0 saturated heterocycles. The third kappa shape index (κ3) is 3.30. The van der Waals surface area contributed by atoms with Crippen molar-refractivity contribution in [2.24, 2.45) is 11.8 Å². The van der Waals surface area contributed by atoms with Crippen LogP contribution in [0.2, 0.25) is 0 Å². The largest absolute Gasteiger partial charge is 0.0861 e. The molecule has 1 aliphatic carbocycles. The molecule has 0 atom stereocenters. The molecule has 0 bridgehead atoms. The van der Waals surface area contributed by atoms with Crippen molar-refractivity contribution in [1.29, 1.82) is 0 Å². The molecule has 0 unspecified atom stereocenters. The van der Waals surface area contributed by atoms with Crippen molar-refractivity contribution in [3.05, 3.63) is 0 Å². The molecular weight excluding hydrogens is 247 g/mol. The summed E-state index contributed by atoms with van der Waals surface area (Å²) in [6, 6.07) is 0. The van der Waals surface area contributed by atoms with E-state index in [1.807, 2.05) is 0 Å². The predicted molar refractivity (Wildman–Crippen MR) is 59.2 cm³/mol. The van der Waals surface area contributed by atoms with Crippen molar-refractivity contribution >= 4 is 22.6 Å². The van der Waals surface area contributed by atoms with E-state index in [4.69, 9.17) is 0 Å². The zero-order valence-corrected chi connectivity index (χ0v) is 9.64. The lowest BCUT2D eigenvalue weighted by Crippen LogP contribution is -2.15. The fraction of sp³-hybridized carbons (Fsp3) is 1.00. The van der Waals surface area contributed by atoms with Crippen LogP contribution < -0.4 is 0 Å². The number of halogens is 1. The van der Waals surface area contributed by atoms with Crippen LogP contribution in [-0.4, -0.2) is 4.43 Å². The van der Waals surface area contributed by atoms with Crippen LogP contribution in [0.15, 0.2) is 0 Å². The first kappa shape index (κ1) is 9.82. The number of hydrogen-bond donors (Lipinski definition) is 0. The van der Waals surface area contributed by atoms with Gasteiger partial charge in [-0.15, -0.1) is 0 Å². The molecule has 0 heterocycles. The fourth-order valence-electron chi connectivity index (χ4n) is 2.08. The van der Waals surface area contributed by atoms with Gasteiger partial charge >= 0.3 is 0 Å². The molecule has 0 aromatic heterocycles. The average molecular weight is 266 g/mol. The second-order valence-electron chi connectivity index (χ2n) is 3.83. The van der Waals surface area contributed by atoms with E-state index in [0.29, 0.717) is 0 Å². The average Bonchev–Trinajstić information content (AvgIpc) is 2.07. The summed E-state index contributed by atoms with van der Waals surface area (Å²) in [4.78, 5) is 0. The van der Waals surface area contributed by atoms with Gasteiger partial charge in [0.15, 0.2) is 0 Å². The van der Waals surface area contributed by atoms with Crippen LogP contribution in [-0.2, 0) is 0 Å². The standard InChI is InChI=1S/C10H19I/c1-2-3-9-4-6-10(8-11)7-5-9/h9-10H,2-8H2,1H3. The molecule has 0 N–H and O–H groups in total. The van der Waals surface area contributed by atoms with Crippen LogP contribution in [0.5, 0.6) is 0 Å². The Balaban J connectivity index is 2.14. The van der Waals surface area contributed by atoms with Crippen molar-refractivity contribution in [2.45, 2.75) is 45.4 Å². The molecule has 0 aliphatic heterocycles. The molecule has 1 fully saturated rings. The lowest BCUT2D eigenvalue weighted by atomic mass is 9.81. The first-order chi connectivity index (χ1) is 5.36. The van der Waals surface area contributed by atoms with Gasteiger partial charge in [0.2, 0.25) is 0 Å². The van der Waals surface area contributed by atoms with Crippen molar-refractivity contribution in [3.8, 4) is 0 Å². The summed E-state index contributed by atoms with van der Waals surface area (Å²) in [5.74, 6) is 2.14. The van der Waals surface area contributed by atoms with E-state index >= 15 is 0 Å². The number of hydrogen-bond acceptors (Lipinski definition) is 0. The van der Waals surface area contributed by atoms with Gasteiger partial charge in [-0.3, -0.25) is 0 Å². The minimum Gasteiger partial charge on any atom is -0.0861 e. The van der Waals surface area contributed by atoms with Crippen LogP contribution in [0.3, 0.4) is 0 Å². The minimum atomic E-state index is 1.06. The zero-order chi connectivity index (χ0) is 8.10. The van der Waals surface area contributed by atoms with Crippen LogP contribution in [0.4, 0.5) is 0 Å². The molecule has 0 amide bonds. The summed E-state index contributed by atoms with van der Waals surface area (Å²) >= 11 is 2.54. The number of rotatable bonds is 3. The Morgan fingerprint density at radius 1 is 1.09 bits per heavy atom. The molecule has 0 aromatic carbocycles. The van der Waals surface area contributed by atoms with E-state index in [-0.39, 0.29) is 0 Å². The Morgan fingerprint density at radius 2 is 1.64 bits per heavy atom. The topological polar surface area (TPSA) is 0 Å². The molecule has 66 valence electrons. The van der Waals surface area contributed by atoms with E-state index in [9.17, 15) is 0 Å². The van der Waals surface area contributed by atoms with Gasteiger partial charge < -0.3 is 0 Å². The quantitative estimate of drug-likeness (QED) is 0.534. The summed E-state index contributed by atoms with van der Waals surface area (Å²) in [7, 11) is 0. The van der Waals surface area contributed by atoms with Gasteiger partial charge in [0, 0.05) is 4.43 Å². The third-order valence-electron chi connectivity index (χ3n) is 2.88. The van der Waals surface area contributed by atoms with Crippen LogP contribution >= 0.6 is 22.6 Å². The molecule has 1 rings (SSSR count). The Labute approximate surface area is 84.3 Å². The summed E-state index contributed by atoms with van der Waals surface area (Å²) in [6.45, 7) is 2.31. The zero-order valence-electron chi connectivity index (χ0n) is 7.48. The second-order valence-corrected chi connectivity index (χ2v) is 4.71. The Kier molecular flexibility index (Phi) is 4.81. The van der Waals surface area contributed by atoms with Gasteiger partial charge in [-0.05, 0) is 24.7 Å². The van der Waals surface area contributed by atoms with E-state index in [0.717, 1.165) is 11.8 Å². The highest BCUT2D eigenvalue weighted by molar-refractivity contribution is 14.1. The summed E-state index contributed by atoms with van der Waals surface area (Å²) in [6.07, 6.45) is 8.91. The first-order valence-electron chi connectivity index (χ1n) is 4.92. The molecule has 1 saturated carbocycles. The van der Waals surface area contributed by atoms with Crippen molar-refractivity contribution in [3.63, 3.8) is 0 Å². The van der Waals surface area contributed by atoms with Gasteiger partial charge in [-0.25, -0.2) is 0 Å². The summed E-state index contributed by atoms with van der Waals surface area (Å²) in [5.41, 5.74) is 0. The van der Waals surface area contributed by atoms with Gasteiger partial charge in [-0.1, -0.05) is 55.2 Å². The minimum absolute atomic E-state index is 1.06. The predicted octanol–water partition coefficient (Wildman–Crippen LogP) is 4.03. The van der Waals surface area contributed by atoms with Crippen LogP contribution in [0.25, 0.3) is 0 Å². The van der Waals surface area contributed by atoms with Gasteiger partial charge in [-0.2, -0.15) is 0 Å². The molecule has 0 aromatic rings. The maximum absolute atomic E-state index is 2.54. The first-order valence-corrected chi connectivity index (χ1v) is 6.45. The third-order valence-corrected chi connectivity index (χ3v) is 4.13. The smallest absolute Gasteiger partial charge is 0.00237 e. The molecule has 11 heavy (non-hydrogen) atoms. The summed E-state index contributed by atoms with van der Waals surface area (Å²) < 4.78 is 1.39. The molecular formula is C10H19I. The summed E-state index contributed by atoms with van der Waals surface area (Å²) in [5, 5.41) is 0. The SMILES string of the molecule is CCCC1CCC(CI)CC1. The van der Waals surface area contributed by atoms with E-state index in [1.54, 1.807) is 0 Å². The van der Waals surface area contributed by atoms with Crippen molar-refractivity contribution < 1.29 is 0 Å². The molecule has 0 nitrogen and oxygen atoms in total. The highest BCUT2D eigenvalue weighted by atomic mass is 127. The van der Waals surface area contributed by atoms with Gasteiger partial charge in [0.1, 0.15) is 0 Å². The lowest BCUT2D eigenvalue weighted by Gasteiger charge is -2.26. The lowest BCUT2D eigenvalue weighted by molar-refractivity contribution is 0.281. The maximum atomic E-state index is 2.54. The van der Waals surface area contributed by atoms with Crippen molar-refractivity contribution in [2.75, 3.05) is 4.43 Å². The highest BCUT2D eigenvalue weighted by Crippen LogP contribution is 2.32. The molecule has 1 aliphatic rings. The second kappa shape index (κ2) is 5.39. The Morgan fingerprint density at radius 3 is 2.09 bits per heavy atom. The maximum Gasteiger partial charge on any atom is 0.00237 e. The van der Waals surface area contributed by atoms with Crippen LogP contribution in [0.1, 0.15) is 45.4 Å². The normalized spacial score (nSPS) is 32.2. The monoisotopic (exact) mass is 266 g/mol. The van der Waals surface area contributed by atoms with Gasteiger partial charge in [0.25, 0.3) is 0 Å². The Bertz CT molecular complexity index is 93.0. The van der Waals surface area contributed by atoms with E-state index < -0.39 is 0 Å². The van der Waals surface area contributed by atoms with Gasteiger partial charge in [0.05, 0.1) is 0 Å². The molecule has 0 radical (unpaired) electrons. The van der Waals surface area contributed by atoms with E-state index in [1.165, 1.54) is 43.0 Å². The highest BCUT2D eigenvalue weighted by Gasteiger charge is 2.18. The molecule has 1 heteroatoms. The fourth-order valence-corrected chi connectivity index (χ4v) is 2.96. The van der Waals surface area contributed by atoms with Crippen LogP contribution in [0, 0.1) is 11.8 Å². The van der Waals surface area contributed by atoms with E-state index in [2.05, 4.69) is 29.5 Å².